The van der Waals surface area contributed by atoms with E-state index in [0.29, 0.717) is 17.6 Å². The fraction of sp³-hybridized carbons (Fsp3) is 0.529. The van der Waals surface area contributed by atoms with E-state index in [1.165, 1.54) is 58.0 Å². The lowest BCUT2D eigenvalue weighted by Crippen LogP contribution is -2.57. The number of hydrogen-bond donors (Lipinski definition) is 3. The maximum Gasteiger partial charge on any atom is 0.514 e. The molecule has 1 aliphatic rings. The highest BCUT2D eigenvalue weighted by Crippen LogP contribution is 2.27. The first-order chi connectivity index (χ1) is 33.4. The zero-order chi connectivity index (χ0) is 53.3. The summed E-state index contributed by atoms with van der Waals surface area (Å²) in [5.74, 6) is -6.80. The number of hydrogen-bond acceptors (Lipinski definition) is 14. The number of carbonyl (C=O) groups is 8. The van der Waals surface area contributed by atoms with Gasteiger partial charge in [0.1, 0.15) is 42.1 Å². The number of non-ortho nitro benzene ring substituents is 1. The molecule has 1 unspecified atom stereocenters. The molecule has 0 saturated carbocycles. The molecule has 1 heterocycles. The van der Waals surface area contributed by atoms with Crippen molar-refractivity contribution in [1.82, 2.24) is 25.8 Å². The minimum absolute atomic E-state index is 0.00312. The number of amides is 5. The summed E-state index contributed by atoms with van der Waals surface area (Å²) in [5.41, 5.74) is 0.979. The maximum absolute atomic E-state index is 14.3. The van der Waals surface area contributed by atoms with Gasteiger partial charge in [-0.1, -0.05) is 83.5 Å². The van der Waals surface area contributed by atoms with Gasteiger partial charge in [0.05, 0.1) is 11.5 Å². The molecule has 0 saturated heterocycles. The van der Waals surface area contributed by atoms with Gasteiger partial charge in [-0.2, -0.15) is 0 Å². The fourth-order valence-electron chi connectivity index (χ4n) is 7.57. The largest absolute Gasteiger partial charge is 0.514 e. The van der Waals surface area contributed by atoms with E-state index in [1.54, 1.807) is 64.1 Å². The number of nitro benzene ring substituents is 1. The number of nitrogens with one attached hydrogen (secondary N) is 3. The first-order valence-corrected chi connectivity index (χ1v) is 23.7. The summed E-state index contributed by atoms with van der Waals surface area (Å²) < 4.78 is 22.9. The Kier molecular flexibility index (Phi) is 22.4. The Bertz CT molecular complexity index is 2280. The highest BCUT2D eigenvalue weighted by atomic mass is 16.7. The minimum Gasteiger partial charge on any atom is -0.456 e. The second-order valence-electron chi connectivity index (χ2n) is 18.4. The molecule has 3 rings (SSSR count). The first-order valence-electron chi connectivity index (χ1n) is 23.7. The van der Waals surface area contributed by atoms with E-state index in [9.17, 15) is 48.5 Å². The van der Waals surface area contributed by atoms with Crippen LogP contribution in [0.25, 0.3) is 0 Å². The molecule has 0 aliphatic carbocycles. The summed E-state index contributed by atoms with van der Waals surface area (Å²) in [6, 6.07) is 8.76. The molecule has 71 heavy (non-hydrogen) atoms. The summed E-state index contributed by atoms with van der Waals surface area (Å²) in [4.78, 5) is 124. The molecular formula is C51H70N6O14. The van der Waals surface area contributed by atoms with Crippen molar-refractivity contribution in [3.05, 3.63) is 93.6 Å². The topological polar surface area (TPSA) is 259 Å². The van der Waals surface area contributed by atoms with Crippen LogP contribution in [-0.2, 0) is 54.2 Å². The van der Waals surface area contributed by atoms with Gasteiger partial charge >= 0.3 is 18.1 Å². The number of nitro groups is 1. The second-order valence-corrected chi connectivity index (χ2v) is 18.4. The number of cyclic esters (lactones) is 2. The highest BCUT2D eigenvalue weighted by molar-refractivity contribution is 5.96. The molecule has 2 aromatic carbocycles. The van der Waals surface area contributed by atoms with Gasteiger partial charge in [0.2, 0.25) is 23.6 Å². The number of benzene rings is 2. The van der Waals surface area contributed by atoms with Gasteiger partial charge < -0.3 is 44.7 Å². The van der Waals surface area contributed by atoms with E-state index in [1.807, 2.05) is 20.8 Å². The molecule has 0 bridgehead atoms. The third-order valence-corrected chi connectivity index (χ3v) is 12.3. The van der Waals surface area contributed by atoms with Gasteiger partial charge in [-0.3, -0.25) is 34.1 Å². The monoisotopic (exact) mass is 990 g/mol. The van der Waals surface area contributed by atoms with Gasteiger partial charge in [0, 0.05) is 50.6 Å². The van der Waals surface area contributed by atoms with Crippen LogP contribution in [0.5, 0.6) is 5.75 Å². The lowest BCUT2D eigenvalue weighted by atomic mass is 9.90. The summed E-state index contributed by atoms with van der Waals surface area (Å²) in [5, 5.41) is 19.2. The van der Waals surface area contributed by atoms with Crippen molar-refractivity contribution in [2.45, 2.75) is 137 Å². The molecule has 0 spiro atoms. The van der Waals surface area contributed by atoms with Crippen molar-refractivity contribution in [2.24, 2.45) is 17.8 Å². The van der Waals surface area contributed by atoms with Crippen molar-refractivity contribution in [3.8, 4) is 5.75 Å². The molecule has 1 aliphatic heterocycles. The van der Waals surface area contributed by atoms with E-state index < -0.39 is 113 Å². The van der Waals surface area contributed by atoms with Crippen LogP contribution >= 0.6 is 0 Å². The number of ether oxygens (including phenoxy) is 4. The number of esters is 2. The molecule has 3 N–H and O–H groups in total. The second kappa shape index (κ2) is 27.3. The molecular weight excluding hydrogens is 921 g/mol. The standard InChI is InChI=1S/C51H70N6O14/c1-13-30(5)43-46(60)53-35(10)50(64)71-44(31(6)14-2)33(8)40(70-51(65)68-38-23-21-37(22-24-38)57(66)67)25-20-32(7)49(63)69-41(26-29(3)4)45(59)52-34(9)47(61)56(12)39(27-36-18-16-15-17-19-36)48(62)55(11)28-42(58)54-43/h14-24,29-30,33-35,39-41,43-44H,13,25-28H2,1-12H3,(H,52,59)(H,53,60)(H,54,58)/b31-14+,32-20+/t30?,33-,34-,35+,39+,40-,41+,43-,44+/m0/s1. The van der Waals surface area contributed by atoms with Gasteiger partial charge in [-0.25, -0.2) is 14.4 Å². The molecule has 20 nitrogen and oxygen atoms in total. The number of nitrogens with zero attached hydrogens (tertiary/aromatic N) is 3. The van der Waals surface area contributed by atoms with E-state index in [-0.39, 0.29) is 42.2 Å². The normalized spacial score (nSPS) is 25.7. The van der Waals surface area contributed by atoms with Crippen LogP contribution in [0.2, 0.25) is 0 Å². The van der Waals surface area contributed by atoms with Crippen molar-refractivity contribution in [3.63, 3.8) is 0 Å². The molecule has 0 radical (unpaired) electrons. The maximum atomic E-state index is 14.3. The molecule has 9 atom stereocenters. The lowest BCUT2D eigenvalue weighted by molar-refractivity contribution is -0.384. The van der Waals surface area contributed by atoms with Crippen LogP contribution in [0.4, 0.5) is 10.5 Å². The minimum atomic E-state index is -1.37. The molecule has 388 valence electrons. The Balaban J connectivity index is 2.13. The van der Waals surface area contributed by atoms with Gasteiger partial charge in [-0.05, 0) is 76.1 Å². The Labute approximate surface area is 415 Å². The number of likely N-dealkylation sites (N-methyl/N-ethyl adjacent to an activating group) is 2. The predicted octanol–water partition coefficient (Wildman–Crippen LogP) is 5.37. The van der Waals surface area contributed by atoms with Crippen LogP contribution < -0.4 is 20.7 Å². The molecule has 20 heteroatoms. The van der Waals surface area contributed by atoms with Crippen molar-refractivity contribution in [2.75, 3.05) is 20.6 Å². The zero-order valence-corrected chi connectivity index (χ0v) is 42.7. The van der Waals surface area contributed by atoms with E-state index in [0.717, 1.165) is 17.0 Å². The van der Waals surface area contributed by atoms with Crippen molar-refractivity contribution >= 4 is 53.3 Å². The quantitative estimate of drug-likeness (QED) is 0.0676. The summed E-state index contributed by atoms with van der Waals surface area (Å²) in [7, 11) is 2.79. The smallest absolute Gasteiger partial charge is 0.456 e. The third-order valence-electron chi connectivity index (χ3n) is 12.3. The number of carbonyl (C=O) groups excluding carboxylic acids is 8. The lowest BCUT2D eigenvalue weighted by Gasteiger charge is -2.33. The van der Waals surface area contributed by atoms with Crippen LogP contribution in [-0.4, -0.2) is 125 Å². The SMILES string of the molecule is C/C=C(\C)[C@H]1OC(=O)[C@@H](C)NC(=O)[C@H](C(C)CC)NC(=O)CN(C)C(=O)[C@@H](Cc2ccccc2)N(C)C(=O)[C@H](C)NC(=O)[C@@H](CC(C)C)OC(=O)/C(C)=C/C[C@H](OC(=O)Oc2ccc([N+](=O)[O-])cc2)[C@@H]1C. The molecule has 2 aromatic rings. The molecule has 0 fully saturated rings. The third kappa shape index (κ3) is 17.4. The van der Waals surface area contributed by atoms with Crippen LogP contribution in [0.3, 0.4) is 0 Å². The number of rotatable bonds is 10. The Hall–Kier alpha value is -7.12. The summed E-state index contributed by atoms with van der Waals surface area (Å²) in [6.45, 7) is 15.9. The predicted molar refractivity (Wildman–Crippen MR) is 261 cm³/mol. The van der Waals surface area contributed by atoms with Gasteiger partial charge in [0.15, 0.2) is 6.10 Å². The fourth-order valence-corrected chi connectivity index (χ4v) is 7.57. The number of allylic oxidation sites excluding steroid dienone is 1. The highest BCUT2D eigenvalue weighted by Gasteiger charge is 2.38. The van der Waals surface area contributed by atoms with Gasteiger partial charge in [-0.15, -0.1) is 0 Å². The molecule has 5 amide bonds. The summed E-state index contributed by atoms with van der Waals surface area (Å²) in [6.07, 6.45) is -1.46. The average molecular weight is 991 g/mol. The Morgan fingerprint density at radius 3 is 2.08 bits per heavy atom. The van der Waals surface area contributed by atoms with E-state index in [4.69, 9.17) is 18.9 Å². The molecule has 0 aromatic heterocycles. The Morgan fingerprint density at radius 1 is 0.887 bits per heavy atom. The van der Waals surface area contributed by atoms with E-state index in [2.05, 4.69) is 16.0 Å². The first kappa shape index (κ1) is 58.2. The van der Waals surface area contributed by atoms with Crippen LogP contribution in [0.1, 0.15) is 94.1 Å². The van der Waals surface area contributed by atoms with Crippen LogP contribution in [0, 0.1) is 27.9 Å². The summed E-state index contributed by atoms with van der Waals surface area (Å²) >= 11 is 0. The van der Waals surface area contributed by atoms with Crippen LogP contribution in [0.15, 0.2) is 77.9 Å². The van der Waals surface area contributed by atoms with Crippen molar-refractivity contribution < 1.29 is 62.2 Å². The van der Waals surface area contributed by atoms with Crippen molar-refractivity contribution in [1.29, 1.82) is 0 Å². The van der Waals surface area contributed by atoms with Gasteiger partial charge in [0.25, 0.3) is 11.6 Å². The zero-order valence-electron chi connectivity index (χ0n) is 42.7. The average Bonchev–Trinajstić information content (AvgIpc) is 3.33. The Morgan fingerprint density at radius 2 is 1.51 bits per heavy atom. The van der Waals surface area contributed by atoms with E-state index >= 15 is 0 Å².